The van der Waals surface area contributed by atoms with E-state index in [9.17, 15) is 4.79 Å². The Labute approximate surface area is 90.9 Å². The molecule has 88 valence electrons. The van der Waals surface area contributed by atoms with Crippen LogP contribution in [0.3, 0.4) is 0 Å². The largest absolute Gasteiger partial charge is 0.336 e. The van der Waals surface area contributed by atoms with Crippen molar-refractivity contribution in [1.82, 2.24) is 10.2 Å². The maximum Gasteiger partial charge on any atom is 0.317 e. The number of rotatable bonds is 3. The van der Waals surface area contributed by atoms with Crippen molar-refractivity contribution in [2.24, 2.45) is 11.8 Å². The zero-order valence-electron chi connectivity index (χ0n) is 9.53. The third-order valence-corrected chi connectivity index (χ3v) is 2.65. The summed E-state index contributed by atoms with van der Waals surface area (Å²) in [7, 11) is 0. The summed E-state index contributed by atoms with van der Waals surface area (Å²) in [5, 5.41) is 2.89. The minimum absolute atomic E-state index is 0.0390. The molecule has 15 heavy (non-hydrogen) atoms. The number of nitrogens with two attached hydrogens (primary N) is 1. The minimum atomic E-state index is 0.0390. The van der Waals surface area contributed by atoms with E-state index in [4.69, 9.17) is 5.90 Å². The molecule has 1 aliphatic rings. The van der Waals surface area contributed by atoms with Crippen molar-refractivity contribution in [2.75, 3.05) is 19.7 Å². The first-order valence-corrected chi connectivity index (χ1v) is 5.50. The predicted octanol–water partition coefficient (Wildman–Crippen LogP) is 0.707. The van der Waals surface area contributed by atoms with Crippen LogP contribution >= 0.6 is 0 Å². The van der Waals surface area contributed by atoms with Crippen LogP contribution in [0.15, 0.2) is 0 Å². The first-order chi connectivity index (χ1) is 7.13. The number of hydrogen-bond donors (Lipinski definition) is 2. The first-order valence-electron chi connectivity index (χ1n) is 5.50. The maximum absolute atomic E-state index is 11.6. The van der Waals surface area contributed by atoms with Crippen molar-refractivity contribution >= 4 is 6.03 Å². The van der Waals surface area contributed by atoms with Gasteiger partial charge in [0.25, 0.3) is 0 Å². The van der Waals surface area contributed by atoms with Gasteiger partial charge in [0.1, 0.15) is 0 Å². The van der Waals surface area contributed by atoms with Crippen molar-refractivity contribution in [1.29, 1.82) is 0 Å². The molecule has 1 saturated heterocycles. The van der Waals surface area contributed by atoms with Crippen LogP contribution in [0, 0.1) is 5.92 Å². The van der Waals surface area contributed by atoms with Crippen LogP contribution < -0.4 is 11.2 Å². The standard InChI is InChI=1S/C10H21N3O2/c1-8(2)12-10(14)13-5-3-9(4-6-13)7-15-11/h8-9H,3-7,11H2,1-2H3,(H,12,14). The van der Waals surface area contributed by atoms with Gasteiger partial charge in [0.05, 0.1) is 6.61 Å². The highest BCUT2D eigenvalue weighted by Gasteiger charge is 2.22. The molecule has 0 radical (unpaired) electrons. The van der Waals surface area contributed by atoms with Gasteiger partial charge in [-0.25, -0.2) is 10.7 Å². The normalized spacial score (nSPS) is 18.3. The van der Waals surface area contributed by atoms with Crippen molar-refractivity contribution in [3.05, 3.63) is 0 Å². The number of carbonyl (C=O) groups excluding carboxylic acids is 1. The molecule has 1 aliphatic heterocycles. The smallest absolute Gasteiger partial charge is 0.317 e. The first kappa shape index (κ1) is 12.3. The Morgan fingerprint density at radius 1 is 1.53 bits per heavy atom. The summed E-state index contributed by atoms with van der Waals surface area (Å²) in [6.45, 7) is 6.12. The zero-order valence-corrected chi connectivity index (χ0v) is 9.53. The number of urea groups is 1. The quantitative estimate of drug-likeness (QED) is 0.681. The van der Waals surface area contributed by atoms with Gasteiger partial charge in [-0.15, -0.1) is 0 Å². The lowest BCUT2D eigenvalue weighted by Gasteiger charge is -2.32. The molecule has 5 nitrogen and oxygen atoms in total. The van der Waals surface area contributed by atoms with Gasteiger partial charge in [0.2, 0.25) is 0 Å². The van der Waals surface area contributed by atoms with Crippen LogP contribution in [0.1, 0.15) is 26.7 Å². The van der Waals surface area contributed by atoms with E-state index in [1.807, 2.05) is 18.7 Å². The molecular weight excluding hydrogens is 194 g/mol. The fraction of sp³-hybridized carbons (Fsp3) is 0.900. The summed E-state index contributed by atoms with van der Waals surface area (Å²) < 4.78 is 0. The zero-order chi connectivity index (χ0) is 11.3. The summed E-state index contributed by atoms with van der Waals surface area (Å²) in [4.78, 5) is 18.1. The molecule has 0 spiro atoms. The molecular formula is C10H21N3O2. The van der Waals surface area contributed by atoms with Crippen molar-refractivity contribution in [3.8, 4) is 0 Å². The predicted molar refractivity (Wildman–Crippen MR) is 58.1 cm³/mol. The van der Waals surface area contributed by atoms with Crippen LogP contribution in [-0.4, -0.2) is 36.7 Å². The van der Waals surface area contributed by atoms with E-state index in [0.717, 1.165) is 25.9 Å². The second-order valence-corrected chi connectivity index (χ2v) is 4.37. The molecule has 0 atom stereocenters. The van der Waals surface area contributed by atoms with Gasteiger partial charge in [-0.3, -0.25) is 0 Å². The lowest BCUT2D eigenvalue weighted by atomic mass is 9.98. The number of nitrogens with zero attached hydrogens (tertiary/aromatic N) is 1. The van der Waals surface area contributed by atoms with E-state index in [0.29, 0.717) is 12.5 Å². The molecule has 0 aromatic heterocycles. The number of amides is 2. The van der Waals surface area contributed by atoms with E-state index in [-0.39, 0.29) is 12.1 Å². The third kappa shape index (κ3) is 4.05. The van der Waals surface area contributed by atoms with Crippen LogP contribution in [0.25, 0.3) is 0 Å². The molecule has 0 aliphatic carbocycles. The highest BCUT2D eigenvalue weighted by Crippen LogP contribution is 2.16. The van der Waals surface area contributed by atoms with Gasteiger partial charge in [0.15, 0.2) is 0 Å². The molecule has 1 heterocycles. The highest BCUT2D eigenvalue weighted by molar-refractivity contribution is 5.74. The molecule has 1 rings (SSSR count). The van der Waals surface area contributed by atoms with Crippen LogP contribution in [0.4, 0.5) is 4.79 Å². The molecule has 0 saturated carbocycles. The summed E-state index contributed by atoms with van der Waals surface area (Å²) in [6, 6.07) is 0.236. The fourth-order valence-corrected chi connectivity index (χ4v) is 1.78. The monoisotopic (exact) mass is 215 g/mol. The van der Waals surface area contributed by atoms with E-state index < -0.39 is 0 Å². The number of hydrogen-bond acceptors (Lipinski definition) is 3. The lowest BCUT2D eigenvalue weighted by molar-refractivity contribution is 0.0731. The Hall–Kier alpha value is -0.810. The Kier molecular flexibility index (Phi) is 4.84. The molecule has 2 amide bonds. The van der Waals surface area contributed by atoms with Crippen molar-refractivity contribution < 1.29 is 9.63 Å². The summed E-state index contributed by atoms with van der Waals surface area (Å²) in [5.41, 5.74) is 0. The van der Waals surface area contributed by atoms with Gasteiger partial charge >= 0.3 is 6.03 Å². The Morgan fingerprint density at radius 2 is 2.13 bits per heavy atom. The van der Waals surface area contributed by atoms with Crippen LogP contribution in [0.5, 0.6) is 0 Å². The Balaban J connectivity index is 2.27. The van der Waals surface area contributed by atoms with Crippen LogP contribution in [-0.2, 0) is 4.84 Å². The third-order valence-electron chi connectivity index (χ3n) is 2.65. The van der Waals surface area contributed by atoms with Gasteiger partial charge in [-0.05, 0) is 32.6 Å². The van der Waals surface area contributed by atoms with Crippen molar-refractivity contribution in [3.63, 3.8) is 0 Å². The fourth-order valence-electron chi connectivity index (χ4n) is 1.78. The maximum atomic E-state index is 11.6. The van der Waals surface area contributed by atoms with Gasteiger partial charge in [-0.2, -0.15) is 0 Å². The summed E-state index contributed by atoms with van der Waals surface area (Å²) in [5.74, 6) is 5.53. The average molecular weight is 215 g/mol. The Morgan fingerprint density at radius 3 is 2.60 bits per heavy atom. The number of piperidine rings is 1. The number of likely N-dealkylation sites (tertiary alicyclic amines) is 1. The number of nitrogens with one attached hydrogen (secondary N) is 1. The van der Waals surface area contributed by atoms with Gasteiger partial charge < -0.3 is 15.1 Å². The van der Waals surface area contributed by atoms with E-state index in [2.05, 4.69) is 10.2 Å². The Bertz CT molecular complexity index is 201. The van der Waals surface area contributed by atoms with Gasteiger partial charge in [0, 0.05) is 19.1 Å². The number of carbonyl (C=O) groups is 1. The lowest BCUT2D eigenvalue weighted by Crippen LogP contribution is -2.47. The van der Waals surface area contributed by atoms with E-state index in [1.165, 1.54) is 0 Å². The van der Waals surface area contributed by atoms with E-state index in [1.54, 1.807) is 0 Å². The molecule has 3 N–H and O–H groups in total. The SMILES string of the molecule is CC(C)NC(=O)N1CCC(CON)CC1. The van der Waals surface area contributed by atoms with Crippen LogP contribution in [0.2, 0.25) is 0 Å². The molecule has 5 heteroatoms. The van der Waals surface area contributed by atoms with Crippen molar-refractivity contribution in [2.45, 2.75) is 32.7 Å². The second-order valence-electron chi connectivity index (χ2n) is 4.37. The second kappa shape index (κ2) is 5.92. The molecule has 0 bridgehead atoms. The average Bonchev–Trinajstić information content (AvgIpc) is 2.18. The molecule has 0 aromatic carbocycles. The van der Waals surface area contributed by atoms with E-state index >= 15 is 0 Å². The topological polar surface area (TPSA) is 67.6 Å². The summed E-state index contributed by atoms with van der Waals surface area (Å²) in [6.07, 6.45) is 1.95. The van der Waals surface area contributed by atoms with Gasteiger partial charge in [-0.1, -0.05) is 0 Å². The summed E-state index contributed by atoms with van der Waals surface area (Å²) >= 11 is 0. The molecule has 1 fully saturated rings. The minimum Gasteiger partial charge on any atom is -0.336 e. The molecule has 0 unspecified atom stereocenters. The molecule has 0 aromatic rings. The highest BCUT2D eigenvalue weighted by atomic mass is 16.6.